The van der Waals surface area contributed by atoms with Gasteiger partial charge in [0, 0.05) is 17.8 Å². The van der Waals surface area contributed by atoms with Crippen molar-refractivity contribution in [3.8, 4) is 0 Å². The molecule has 1 unspecified atom stereocenters. The maximum Gasteiger partial charge on any atom is 0.240 e. The van der Waals surface area contributed by atoms with Gasteiger partial charge in [0.1, 0.15) is 5.25 Å². The molecule has 2 amide bonds. The Morgan fingerprint density at radius 1 is 1.23 bits per heavy atom. The van der Waals surface area contributed by atoms with Gasteiger partial charge in [0.2, 0.25) is 11.8 Å². The average Bonchev–Trinajstić information content (AvgIpc) is 3.00. The fourth-order valence-electron chi connectivity index (χ4n) is 3.08. The number of para-hydroxylation sites is 1. The zero-order valence-electron chi connectivity index (χ0n) is 15.0. The molecule has 2 aliphatic rings. The molecule has 1 saturated carbocycles. The first-order chi connectivity index (χ1) is 12.7. The predicted molar refractivity (Wildman–Crippen MR) is 107 cm³/mol. The van der Waals surface area contributed by atoms with Gasteiger partial charge in [0.25, 0.3) is 0 Å². The van der Waals surface area contributed by atoms with Crippen molar-refractivity contribution >= 4 is 40.1 Å². The topological polar surface area (TPSA) is 82.9 Å². The van der Waals surface area contributed by atoms with Crippen LogP contribution in [0.1, 0.15) is 51.0 Å². The van der Waals surface area contributed by atoms with Crippen LogP contribution in [0.15, 0.2) is 34.5 Å². The van der Waals surface area contributed by atoms with Gasteiger partial charge in [-0.2, -0.15) is 5.10 Å². The van der Waals surface area contributed by atoms with Crippen molar-refractivity contribution in [1.82, 2.24) is 5.32 Å². The second kappa shape index (κ2) is 8.98. The monoisotopic (exact) mass is 372 g/mol. The number of hydrogen-bond donors (Lipinski definition) is 2. The molecule has 6 nitrogen and oxygen atoms in total. The van der Waals surface area contributed by atoms with E-state index in [0.29, 0.717) is 5.17 Å². The van der Waals surface area contributed by atoms with Gasteiger partial charge in [0.15, 0.2) is 5.17 Å². The van der Waals surface area contributed by atoms with E-state index in [1.165, 1.54) is 18.2 Å². The number of rotatable bonds is 5. The van der Waals surface area contributed by atoms with Crippen LogP contribution in [0.4, 0.5) is 5.69 Å². The summed E-state index contributed by atoms with van der Waals surface area (Å²) in [5, 5.41) is 14.1. The standard InChI is InChI=1S/C19H24N4O2S/c1-2-13-8-6-7-11-15(13)20-17(24)12-16-18(25)21-19(26-16)23-22-14-9-4-3-5-10-14/h6-8,11,16H,2-5,9-10,12H2,1H3,(H,20,24)(H,21,23,25). The third-order valence-corrected chi connectivity index (χ3v) is 5.60. The van der Waals surface area contributed by atoms with Crippen LogP contribution in [0, 0.1) is 0 Å². The molecule has 3 rings (SSSR count). The van der Waals surface area contributed by atoms with Crippen LogP contribution < -0.4 is 10.6 Å². The van der Waals surface area contributed by atoms with Crippen molar-refractivity contribution in [3.05, 3.63) is 29.8 Å². The lowest BCUT2D eigenvalue weighted by atomic mass is 9.99. The smallest absolute Gasteiger partial charge is 0.240 e. The summed E-state index contributed by atoms with van der Waals surface area (Å²) in [7, 11) is 0. The summed E-state index contributed by atoms with van der Waals surface area (Å²) in [4.78, 5) is 24.4. The van der Waals surface area contributed by atoms with Gasteiger partial charge in [-0.3, -0.25) is 9.59 Å². The molecular weight excluding hydrogens is 348 g/mol. The van der Waals surface area contributed by atoms with Crippen molar-refractivity contribution in [2.45, 2.75) is 57.1 Å². The van der Waals surface area contributed by atoms with Crippen molar-refractivity contribution in [2.24, 2.45) is 10.2 Å². The van der Waals surface area contributed by atoms with E-state index in [1.54, 1.807) is 0 Å². The molecule has 1 aliphatic heterocycles. The van der Waals surface area contributed by atoms with E-state index >= 15 is 0 Å². The molecule has 0 bridgehead atoms. The molecule has 1 atom stereocenters. The molecule has 1 aliphatic carbocycles. The highest BCUT2D eigenvalue weighted by Gasteiger charge is 2.32. The second-order valence-corrected chi connectivity index (χ2v) is 7.68. The van der Waals surface area contributed by atoms with Crippen LogP contribution >= 0.6 is 11.8 Å². The summed E-state index contributed by atoms with van der Waals surface area (Å²) in [6.07, 6.45) is 6.49. The zero-order valence-corrected chi connectivity index (χ0v) is 15.8. The summed E-state index contributed by atoms with van der Waals surface area (Å²) >= 11 is 1.28. The van der Waals surface area contributed by atoms with Gasteiger partial charge in [-0.1, -0.05) is 43.3 Å². The van der Waals surface area contributed by atoms with Gasteiger partial charge in [-0.25, -0.2) is 0 Å². The molecule has 2 N–H and O–H groups in total. The van der Waals surface area contributed by atoms with E-state index in [-0.39, 0.29) is 18.2 Å². The molecule has 1 aromatic carbocycles. The largest absolute Gasteiger partial charge is 0.326 e. The molecule has 0 radical (unpaired) electrons. The van der Waals surface area contributed by atoms with Gasteiger partial charge < -0.3 is 10.6 Å². The van der Waals surface area contributed by atoms with E-state index < -0.39 is 5.25 Å². The second-order valence-electron chi connectivity index (χ2n) is 6.49. The number of amidine groups is 1. The van der Waals surface area contributed by atoms with E-state index in [2.05, 4.69) is 20.8 Å². The minimum Gasteiger partial charge on any atom is -0.326 e. The number of anilines is 1. The fraction of sp³-hybridized carbons (Fsp3) is 0.474. The zero-order chi connectivity index (χ0) is 18.4. The SMILES string of the molecule is CCc1ccccc1NC(=O)CC1S/C(=N\N=C2CCCCC2)NC1=O. The van der Waals surface area contributed by atoms with Crippen LogP contribution in [0.2, 0.25) is 0 Å². The number of carbonyl (C=O) groups excluding carboxylic acids is 2. The molecule has 26 heavy (non-hydrogen) atoms. The van der Waals surface area contributed by atoms with Crippen LogP contribution in [0.5, 0.6) is 0 Å². The Morgan fingerprint density at radius 2 is 2.00 bits per heavy atom. The highest BCUT2D eigenvalue weighted by atomic mass is 32.2. The number of aryl methyl sites for hydroxylation is 1. The third kappa shape index (κ3) is 4.94. The molecule has 1 saturated heterocycles. The van der Waals surface area contributed by atoms with Gasteiger partial charge in [-0.05, 0) is 43.7 Å². The highest BCUT2D eigenvalue weighted by molar-refractivity contribution is 8.15. The van der Waals surface area contributed by atoms with Crippen LogP contribution in [0.3, 0.4) is 0 Å². The first-order valence-corrected chi connectivity index (χ1v) is 10.0. The summed E-state index contributed by atoms with van der Waals surface area (Å²) in [6, 6.07) is 7.71. The molecule has 0 aromatic heterocycles. The maximum atomic E-state index is 12.3. The first kappa shape index (κ1) is 18.6. The van der Waals surface area contributed by atoms with E-state index in [1.807, 2.05) is 31.2 Å². The molecule has 1 aromatic rings. The van der Waals surface area contributed by atoms with E-state index in [4.69, 9.17) is 0 Å². The van der Waals surface area contributed by atoms with Gasteiger partial charge in [0.05, 0.1) is 0 Å². The Bertz CT molecular complexity index is 737. The fourth-order valence-corrected chi connectivity index (χ4v) is 4.00. The minimum absolute atomic E-state index is 0.115. The quantitative estimate of drug-likeness (QED) is 0.776. The number of carbonyl (C=O) groups is 2. The third-order valence-electron chi connectivity index (χ3n) is 4.53. The first-order valence-electron chi connectivity index (χ1n) is 9.14. The van der Waals surface area contributed by atoms with Crippen molar-refractivity contribution in [1.29, 1.82) is 0 Å². The number of benzene rings is 1. The lowest BCUT2D eigenvalue weighted by molar-refractivity contribution is -0.122. The van der Waals surface area contributed by atoms with Crippen molar-refractivity contribution in [2.75, 3.05) is 5.32 Å². The molecule has 0 spiro atoms. The molecular formula is C19H24N4O2S. The van der Waals surface area contributed by atoms with Crippen LogP contribution in [-0.2, 0) is 16.0 Å². The Morgan fingerprint density at radius 3 is 2.77 bits per heavy atom. The maximum absolute atomic E-state index is 12.3. The van der Waals surface area contributed by atoms with Gasteiger partial charge >= 0.3 is 0 Å². The Kier molecular flexibility index (Phi) is 6.44. The Labute approximate surface area is 157 Å². The number of thioether (sulfide) groups is 1. The lowest BCUT2D eigenvalue weighted by Gasteiger charge is -2.10. The summed E-state index contributed by atoms with van der Waals surface area (Å²) in [5.74, 6) is -0.352. The number of amides is 2. The molecule has 7 heteroatoms. The lowest BCUT2D eigenvalue weighted by Crippen LogP contribution is -2.28. The normalized spacial score (nSPS) is 21.6. The molecule has 2 fully saturated rings. The van der Waals surface area contributed by atoms with Crippen molar-refractivity contribution < 1.29 is 9.59 Å². The van der Waals surface area contributed by atoms with Crippen LogP contribution in [0.25, 0.3) is 0 Å². The number of hydrogen-bond acceptors (Lipinski definition) is 5. The Balaban J connectivity index is 1.56. The Hall–Kier alpha value is -2.15. The van der Waals surface area contributed by atoms with Crippen LogP contribution in [-0.4, -0.2) is 27.9 Å². The van der Waals surface area contributed by atoms with Gasteiger partial charge in [-0.15, -0.1) is 5.10 Å². The van der Waals surface area contributed by atoms with Crippen molar-refractivity contribution in [3.63, 3.8) is 0 Å². The highest BCUT2D eigenvalue weighted by Crippen LogP contribution is 2.24. The average molecular weight is 372 g/mol. The summed E-state index contributed by atoms with van der Waals surface area (Å²) in [5.41, 5.74) is 2.98. The number of nitrogens with zero attached hydrogens (tertiary/aromatic N) is 2. The summed E-state index contributed by atoms with van der Waals surface area (Å²) < 4.78 is 0. The summed E-state index contributed by atoms with van der Waals surface area (Å²) in [6.45, 7) is 2.04. The molecule has 138 valence electrons. The van der Waals surface area contributed by atoms with E-state index in [9.17, 15) is 9.59 Å². The molecule has 1 heterocycles. The number of nitrogens with one attached hydrogen (secondary N) is 2. The minimum atomic E-state index is -0.464. The predicted octanol–water partition coefficient (Wildman–Crippen LogP) is 3.49. The van der Waals surface area contributed by atoms with E-state index in [0.717, 1.165) is 49.1 Å².